The molecular formula is C13H15BrN2O2. The molecule has 0 aliphatic rings. The van der Waals surface area contributed by atoms with Crippen molar-refractivity contribution in [2.45, 2.75) is 19.6 Å². The molecular weight excluding hydrogens is 296 g/mol. The molecule has 0 fully saturated rings. The third-order valence-electron chi connectivity index (χ3n) is 2.57. The van der Waals surface area contributed by atoms with E-state index < -0.39 is 6.10 Å². The number of aromatic nitrogens is 2. The number of hydrogen-bond acceptors (Lipinski definition) is 3. The third kappa shape index (κ3) is 3.11. The maximum Gasteiger partial charge on any atom is 0.132 e. The molecule has 96 valence electrons. The maximum absolute atomic E-state index is 9.68. The van der Waals surface area contributed by atoms with Gasteiger partial charge in [-0.25, -0.2) is 0 Å². The molecule has 0 saturated carbocycles. The maximum atomic E-state index is 9.68. The second-order valence-corrected chi connectivity index (χ2v) is 5.04. The van der Waals surface area contributed by atoms with Gasteiger partial charge in [-0.2, -0.15) is 5.10 Å². The smallest absolute Gasteiger partial charge is 0.132 e. The lowest BCUT2D eigenvalue weighted by Gasteiger charge is -2.13. The van der Waals surface area contributed by atoms with E-state index in [1.54, 1.807) is 11.6 Å². The van der Waals surface area contributed by atoms with Gasteiger partial charge in [0.25, 0.3) is 0 Å². The van der Waals surface area contributed by atoms with Crippen molar-refractivity contribution >= 4 is 15.9 Å². The first-order valence-corrected chi connectivity index (χ1v) is 6.44. The standard InChI is InChI=1S/C13H15BrN2O2/c1-9(17)12-4-3-10(14)7-13(12)18-8-11-5-6-16(2)15-11/h3-7,9,17H,8H2,1-2H3/t9-/m0/s1. The summed E-state index contributed by atoms with van der Waals surface area (Å²) in [6.07, 6.45) is 1.31. The van der Waals surface area contributed by atoms with Crippen molar-refractivity contribution in [2.24, 2.45) is 7.05 Å². The van der Waals surface area contributed by atoms with E-state index >= 15 is 0 Å². The average Bonchev–Trinajstić information content (AvgIpc) is 2.72. The lowest BCUT2D eigenvalue weighted by Crippen LogP contribution is -2.02. The van der Waals surface area contributed by atoms with E-state index in [0.29, 0.717) is 12.4 Å². The van der Waals surface area contributed by atoms with E-state index in [9.17, 15) is 5.11 Å². The average molecular weight is 311 g/mol. The van der Waals surface area contributed by atoms with Gasteiger partial charge in [-0.1, -0.05) is 22.0 Å². The third-order valence-corrected chi connectivity index (χ3v) is 3.06. The van der Waals surface area contributed by atoms with Crippen LogP contribution in [-0.4, -0.2) is 14.9 Å². The minimum atomic E-state index is -0.558. The van der Waals surface area contributed by atoms with Crippen LogP contribution >= 0.6 is 15.9 Å². The van der Waals surface area contributed by atoms with Crippen molar-refractivity contribution in [1.29, 1.82) is 0 Å². The van der Waals surface area contributed by atoms with Gasteiger partial charge in [0.05, 0.1) is 11.8 Å². The predicted molar refractivity (Wildman–Crippen MR) is 72.3 cm³/mol. The van der Waals surface area contributed by atoms with Gasteiger partial charge in [-0.15, -0.1) is 0 Å². The monoisotopic (exact) mass is 310 g/mol. The first-order chi connectivity index (χ1) is 8.56. The van der Waals surface area contributed by atoms with Gasteiger partial charge in [-0.05, 0) is 25.1 Å². The Bertz CT molecular complexity index is 538. The topological polar surface area (TPSA) is 47.3 Å². The van der Waals surface area contributed by atoms with Crippen LogP contribution in [0, 0.1) is 0 Å². The number of aryl methyl sites for hydroxylation is 1. The highest BCUT2D eigenvalue weighted by Gasteiger charge is 2.10. The predicted octanol–water partition coefficient (Wildman–Crippen LogP) is 2.81. The Labute approximate surface area is 114 Å². The summed E-state index contributed by atoms with van der Waals surface area (Å²) in [4.78, 5) is 0. The summed E-state index contributed by atoms with van der Waals surface area (Å²) in [5, 5.41) is 13.9. The fraction of sp³-hybridized carbons (Fsp3) is 0.308. The molecule has 2 aromatic rings. The first kappa shape index (κ1) is 13.1. The SMILES string of the molecule is C[C@H](O)c1ccc(Br)cc1OCc1ccn(C)n1. The highest BCUT2D eigenvalue weighted by Crippen LogP contribution is 2.29. The second kappa shape index (κ2) is 5.54. The van der Waals surface area contributed by atoms with Crippen molar-refractivity contribution in [2.75, 3.05) is 0 Å². The summed E-state index contributed by atoms with van der Waals surface area (Å²) >= 11 is 3.39. The zero-order valence-electron chi connectivity index (χ0n) is 10.3. The molecule has 18 heavy (non-hydrogen) atoms. The van der Waals surface area contributed by atoms with Crippen LogP contribution in [-0.2, 0) is 13.7 Å². The number of nitrogens with zero attached hydrogens (tertiary/aromatic N) is 2. The zero-order chi connectivity index (χ0) is 13.1. The highest BCUT2D eigenvalue weighted by atomic mass is 79.9. The molecule has 0 aliphatic carbocycles. The molecule has 0 bridgehead atoms. The number of ether oxygens (including phenoxy) is 1. The molecule has 1 aromatic carbocycles. The van der Waals surface area contributed by atoms with Crippen LogP contribution in [0.15, 0.2) is 34.9 Å². The molecule has 1 aromatic heterocycles. The minimum Gasteiger partial charge on any atom is -0.487 e. The summed E-state index contributed by atoms with van der Waals surface area (Å²) in [6, 6.07) is 7.49. The number of rotatable bonds is 4. The number of halogens is 1. The van der Waals surface area contributed by atoms with Gasteiger partial charge in [0.2, 0.25) is 0 Å². The van der Waals surface area contributed by atoms with E-state index in [1.165, 1.54) is 0 Å². The Balaban J connectivity index is 2.15. The van der Waals surface area contributed by atoms with Crippen LogP contribution in [0.25, 0.3) is 0 Å². The van der Waals surface area contributed by atoms with Gasteiger partial charge >= 0.3 is 0 Å². The summed E-state index contributed by atoms with van der Waals surface area (Å²) in [5.74, 6) is 0.671. The van der Waals surface area contributed by atoms with Crippen LogP contribution in [0.2, 0.25) is 0 Å². The fourth-order valence-corrected chi connectivity index (χ4v) is 2.01. The lowest BCUT2D eigenvalue weighted by molar-refractivity contribution is 0.189. The molecule has 0 radical (unpaired) electrons. The van der Waals surface area contributed by atoms with Gasteiger partial charge in [-0.3, -0.25) is 4.68 Å². The molecule has 1 N–H and O–H groups in total. The Morgan fingerprint density at radius 1 is 1.44 bits per heavy atom. The Morgan fingerprint density at radius 2 is 2.22 bits per heavy atom. The quantitative estimate of drug-likeness (QED) is 0.944. The Hall–Kier alpha value is -1.33. The number of aliphatic hydroxyl groups excluding tert-OH is 1. The molecule has 0 saturated heterocycles. The Kier molecular flexibility index (Phi) is 4.04. The van der Waals surface area contributed by atoms with Crippen molar-refractivity contribution in [3.63, 3.8) is 0 Å². The largest absolute Gasteiger partial charge is 0.487 e. The van der Waals surface area contributed by atoms with Gasteiger partial charge < -0.3 is 9.84 Å². The van der Waals surface area contributed by atoms with Crippen molar-refractivity contribution in [1.82, 2.24) is 9.78 Å². The lowest BCUT2D eigenvalue weighted by atomic mass is 10.1. The molecule has 2 rings (SSSR count). The van der Waals surface area contributed by atoms with E-state index in [0.717, 1.165) is 15.7 Å². The van der Waals surface area contributed by atoms with Gasteiger partial charge in [0.1, 0.15) is 12.4 Å². The van der Waals surface area contributed by atoms with Crippen LogP contribution in [0.3, 0.4) is 0 Å². The van der Waals surface area contributed by atoms with Crippen LogP contribution in [0.4, 0.5) is 0 Å². The highest BCUT2D eigenvalue weighted by molar-refractivity contribution is 9.10. The van der Waals surface area contributed by atoms with Crippen LogP contribution in [0.5, 0.6) is 5.75 Å². The molecule has 0 unspecified atom stereocenters. The molecule has 0 aliphatic heterocycles. The number of benzene rings is 1. The minimum absolute atomic E-state index is 0.386. The van der Waals surface area contributed by atoms with Gasteiger partial charge in [0.15, 0.2) is 0 Å². The molecule has 0 amide bonds. The van der Waals surface area contributed by atoms with Crippen LogP contribution in [0.1, 0.15) is 24.3 Å². The molecule has 0 spiro atoms. The molecule has 1 atom stereocenters. The fourth-order valence-electron chi connectivity index (χ4n) is 1.67. The molecule has 1 heterocycles. The summed E-state index contributed by atoms with van der Waals surface area (Å²) in [6.45, 7) is 2.11. The van der Waals surface area contributed by atoms with E-state index in [2.05, 4.69) is 21.0 Å². The summed E-state index contributed by atoms with van der Waals surface area (Å²) in [5.41, 5.74) is 1.63. The normalized spacial score (nSPS) is 12.4. The second-order valence-electron chi connectivity index (χ2n) is 4.13. The number of aliphatic hydroxyl groups is 1. The first-order valence-electron chi connectivity index (χ1n) is 5.65. The van der Waals surface area contributed by atoms with E-state index in [-0.39, 0.29) is 0 Å². The molecule has 4 nitrogen and oxygen atoms in total. The van der Waals surface area contributed by atoms with Crippen molar-refractivity contribution < 1.29 is 9.84 Å². The van der Waals surface area contributed by atoms with Crippen molar-refractivity contribution in [3.05, 3.63) is 46.2 Å². The van der Waals surface area contributed by atoms with E-state index in [1.807, 2.05) is 37.5 Å². The van der Waals surface area contributed by atoms with Gasteiger partial charge in [0, 0.05) is 23.3 Å². The summed E-state index contributed by atoms with van der Waals surface area (Å²) < 4.78 is 8.36. The zero-order valence-corrected chi connectivity index (χ0v) is 11.9. The van der Waals surface area contributed by atoms with E-state index in [4.69, 9.17) is 4.74 Å². The molecule has 5 heteroatoms. The van der Waals surface area contributed by atoms with Crippen molar-refractivity contribution in [3.8, 4) is 5.75 Å². The number of hydrogen-bond donors (Lipinski definition) is 1. The Morgan fingerprint density at radius 3 is 2.83 bits per heavy atom. The summed E-state index contributed by atoms with van der Waals surface area (Å²) in [7, 11) is 1.86. The van der Waals surface area contributed by atoms with Crippen LogP contribution < -0.4 is 4.74 Å².